The maximum Gasteiger partial charge on any atom is 0.266 e. The van der Waals surface area contributed by atoms with Crippen molar-refractivity contribution in [3.05, 3.63) is 379 Å². The SMILES string of the molecule is O=C1c2cc(Cl)c(Cl)cc2C(=O)N1c1ccc(C(OC(c2ccc(N3C(=O)c4cc(Cl)c(Cl)cc4C3=O)cc2)(c2ccc(N3C(=O)c4cc(Cl)c(Cl)cc4C3=O)cc2)c2ccc(N3C(=O)c4cc(Cl)c(Cl)cc4C3=O)cc2)(c2ccc(N3C(=O)c4cc(Cl)c(Cl)cc4C3=O)cc2)c2ccc(N3C(=O)c4cc(Cl)c(Cl)cc4C3=O)cc2)cc1. The number of carbonyl (C=O) groups excluding carboxylic acids is 12. The number of rotatable bonds is 14. The summed E-state index contributed by atoms with van der Waals surface area (Å²) in [5, 5.41) is -0.148. The Balaban J connectivity index is 0.908. The molecule has 0 radical (unpaired) electrons. The van der Waals surface area contributed by atoms with E-state index in [1.807, 2.05) is 0 Å². The fourth-order valence-electron chi connectivity index (χ4n) is 15.5. The predicted octanol–water partition coefficient (Wildman–Crippen LogP) is 21.6. The van der Waals surface area contributed by atoms with Gasteiger partial charge in [-0.3, -0.25) is 57.5 Å². The molecule has 0 bridgehead atoms. The van der Waals surface area contributed by atoms with Gasteiger partial charge in [0.15, 0.2) is 0 Å². The topological polar surface area (TPSA) is 234 Å². The molecule has 0 unspecified atom stereocenters. The number of carbonyl (C=O) groups is 12. The highest BCUT2D eigenvalue weighted by molar-refractivity contribution is 6.49. The molecular weight excluding hydrogens is 1750 g/mol. The van der Waals surface area contributed by atoms with Crippen molar-refractivity contribution in [2.45, 2.75) is 11.2 Å². The second-order valence-electron chi connectivity index (χ2n) is 27.3. The summed E-state index contributed by atoms with van der Waals surface area (Å²) in [7, 11) is 0. The summed E-state index contributed by atoms with van der Waals surface area (Å²) in [5.41, 5.74) is -4.94. The van der Waals surface area contributed by atoms with Crippen LogP contribution >= 0.6 is 139 Å². The number of hydrogen-bond acceptors (Lipinski definition) is 13. The van der Waals surface area contributed by atoms with Crippen LogP contribution in [0.25, 0.3) is 0 Å². The summed E-state index contributed by atoms with van der Waals surface area (Å²) >= 11 is 77.5. The van der Waals surface area contributed by atoms with Crippen LogP contribution in [0.2, 0.25) is 60.3 Å². The fourth-order valence-corrected chi connectivity index (χ4v) is 17.4. The van der Waals surface area contributed by atoms with Gasteiger partial charge in [0.05, 0.1) is 161 Å². The molecule has 0 N–H and O–H groups in total. The number of amides is 12. The van der Waals surface area contributed by atoms with E-state index in [2.05, 4.69) is 0 Å². The summed E-state index contributed by atoms with van der Waals surface area (Å²) in [6, 6.07) is 50.9. The van der Waals surface area contributed by atoms with E-state index < -0.39 is 82.1 Å². The molecule has 0 spiro atoms. The van der Waals surface area contributed by atoms with E-state index in [9.17, 15) is 57.5 Å². The second-order valence-corrected chi connectivity index (χ2v) is 32.2. The van der Waals surface area contributed by atoms with Crippen LogP contribution in [0.3, 0.4) is 0 Å². The van der Waals surface area contributed by atoms with Gasteiger partial charge >= 0.3 is 0 Å². The lowest BCUT2D eigenvalue weighted by Gasteiger charge is -2.46. The van der Waals surface area contributed by atoms with Crippen LogP contribution in [-0.4, -0.2) is 70.9 Å². The first kappa shape index (κ1) is 77.2. The number of ether oxygens (including phenoxy) is 1. The lowest BCUT2D eigenvalue weighted by molar-refractivity contribution is -0.0810. The van der Waals surface area contributed by atoms with Crippen LogP contribution in [0.15, 0.2) is 218 Å². The summed E-state index contributed by atoms with van der Waals surface area (Å²) in [6.45, 7) is 0. The van der Waals surface area contributed by atoms with Gasteiger partial charge in [-0.2, -0.15) is 0 Å². The van der Waals surface area contributed by atoms with E-state index in [1.165, 1.54) is 218 Å². The molecule has 0 aromatic heterocycles. The van der Waals surface area contributed by atoms with Crippen molar-refractivity contribution in [1.29, 1.82) is 0 Å². The normalized spacial score (nSPS) is 15.0. The average Bonchev–Trinajstić information content (AvgIpc) is 1.67. The molecule has 0 saturated heterocycles. The van der Waals surface area contributed by atoms with Crippen molar-refractivity contribution < 1.29 is 62.3 Å². The summed E-state index contributed by atoms with van der Waals surface area (Å²) < 4.78 is 8.59. The van der Waals surface area contributed by atoms with Gasteiger partial charge in [0, 0.05) is 0 Å². The first-order valence-corrected chi connectivity index (χ1v) is 39.0. The fraction of sp³-hybridized carbons (Fsp3) is 0.0233. The number of anilines is 6. The van der Waals surface area contributed by atoms with Crippen LogP contribution in [0.1, 0.15) is 158 Å². The van der Waals surface area contributed by atoms with Crippen molar-refractivity contribution in [3.8, 4) is 0 Å². The van der Waals surface area contributed by atoms with E-state index in [-0.39, 0.29) is 195 Å². The van der Waals surface area contributed by atoms with E-state index in [4.69, 9.17) is 144 Å². The Morgan fingerprint density at radius 3 is 0.350 bits per heavy atom. The zero-order valence-corrected chi connectivity index (χ0v) is 67.4. The zero-order valence-electron chi connectivity index (χ0n) is 58.3. The molecule has 6 heterocycles. The van der Waals surface area contributed by atoms with Gasteiger partial charge in [0.1, 0.15) is 11.2 Å². The van der Waals surface area contributed by atoms with Gasteiger partial charge in [-0.1, -0.05) is 212 Å². The van der Waals surface area contributed by atoms with Crippen LogP contribution < -0.4 is 29.4 Å². The molecule has 6 aliphatic heterocycles. The number of fused-ring (bicyclic) bond motifs is 6. The molecule has 12 aromatic carbocycles. The third-order valence-corrected chi connectivity index (χ3v) is 25.4. The summed E-state index contributed by atoms with van der Waals surface area (Å²) in [5.74, 6) is -9.38. The molecule has 12 aromatic rings. The van der Waals surface area contributed by atoms with E-state index >= 15 is 0 Å². The molecule has 18 rings (SSSR count). The van der Waals surface area contributed by atoms with Gasteiger partial charge in [-0.15, -0.1) is 0 Å². The molecular formula is C86H36Cl12N6O13. The van der Waals surface area contributed by atoms with Crippen molar-refractivity contribution >= 4 is 244 Å². The monoisotopic (exact) mass is 1780 g/mol. The van der Waals surface area contributed by atoms with E-state index in [0.717, 1.165) is 29.4 Å². The Morgan fingerprint density at radius 2 is 0.256 bits per heavy atom. The number of hydrogen-bond donors (Lipinski definition) is 0. The maximum atomic E-state index is 14.6. The number of benzene rings is 12. The minimum Gasteiger partial charge on any atom is -0.340 e. The van der Waals surface area contributed by atoms with Crippen molar-refractivity contribution in [3.63, 3.8) is 0 Å². The molecule has 117 heavy (non-hydrogen) atoms. The molecule has 0 saturated carbocycles. The van der Waals surface area contributed by atoms with Crippen LogP contribution in [0.5, 0.6) is 0 Å². The van der Waals surface area contributed by atoms with Crippen molar-refractivity contribution in [2.24, 2.45) is 0 Å². The van der Waals surface area contributed by atoms with Crippen LogP contribution in [-0.2, 0) is 15.9 Å². The highest BCUT2D eigenvalue weighted by Crippen LogP contribution is 2.55. The van der Waals surface area contributed by atoms with Crippen molar-refractivity contribution in [2.75, 3.05) is 29.4 Å². The summed E-state index contributed by atoms with van der Waals surface area (Å²) in [4.78, 5) is 181. The molecule has 0 atom stereocenters. The second kappa shape index (κ2) is 28.3. The Labute approximate surface area is 719 Å². The largest absolute Gasteiger partial charge is 0.340 e. The highest BCUT2D eigenvalue weighted by atomic mass is 35.5. The Kier molecular flexibility index (Phi) is 18.7. The molecule has 19 nitrogen and oxygen atoms in total. The van der Waals surface area contributed by atoms with E-state index in [0.29, 0.717) is 0 Å². The maximum absolute atomic E-state index is 14.6. The van der Waals surface area contributed by atoms with Gasteiger partial charge < -0.3 is 4.74 Å². The van der Waals surface area contributed by atoms with Crippen LogP contribution in [0.4, 0.5) is 34.1 Å². The van der Waals surface area contributed by atoms with E-state index in [1.54, 1.807) is 0 Å². The lowest BCUT2D eigenvalue weighted by Crippen LogP contribution is -2.45. The molecule has 572 valence electrons. The number of halogens is 12. The Hall–Kier alpha value is -11.1. The summed E-state index contributed by atoms with van der Waals surface area (Å²) in [6.07, 6.45) is 0. The number of nitrogens with zero attached hydrogens (tertiary/aromatic N) is 6. The third-order valence-electron chi connectivity index (χ3n) is 21.1. The smallest absolute Gasteiger partial charge is 0.266 e. The molecule has 0 aliphatic carbocycles. The van der Waals surface area contributed by atoms with Crippen LogP contribution in [0, 0.1) is 0 Å². The standard InChI is InChI=1S/C86H36Cl12N6O13/c87-61-25-49-50(26-62(61)88)74(106)99(73(49)105)43-13-1-37(2-14-43)85(38-3-15-44(16-4-38)100-75(107)51-27-63(89)64(90)28-52(51)76(100)108,39-5-17-45(18-6-39)101-77(109)53-29-65(91)66(92)30-54(53)78(101)110)117-86(40-7-19-46(20-8-40)102-79(111)55-31-67(93)68(94)32-56(55)80(102)112,41-9-21-47(22-10-41)103-81(113)57-33-69(95)70(96)34-58(57)82(103)114)42-11-23-48(24-12-42)104-83(115)59-35-71(97)72(98)36-60(59)84(104)116/h1-36H. The Bertz CT molecular complexity index is 5420. The lowest BCUT2D eigenvalue weighted by atomic mass is 9.75. The molecule has 6 aliphatic rings. The molecule has 31 heteroatoms. The van der Waals surface area contributed by atoms with Crippen molar-refractivity contribution in [1.82, 2.24) is 0 Å². The Morgan fingerprint density at radius 1 is 0.162 bits per heavy atom. The van der Waals surface area contributed by atoms with Gasteiger partial charge in [-0.05, 0) is 179 Å². The van der Waals surface area contributed by atoms with Gasteiger partial charge in [0.25, 0.3) is 70.9 Å². The van der Waals surface area contributed by atoms with Gasteiger partial charge in [0.2, 0.25) is 0 Å². The quantitative estimate of drug-likeness (QED) is 0.0729. The third kappa shape index (κ3) is 11.8. The molecule has 12 amide bonds. The predicted molar refractivity (Wildman–Crippen MR) is 445 cm³/mol. The minimum atomic E-state index is -2.37. The van der Waals surface area contributed by atoms with Gasteiger partial charge in [-0.25, -0.2) is 29.4 Å². The first-order valence-electron chi connectivity index (χ1n) is 34.5. The number of imide groups is 6. The average molecular weight is 1790 g/mol. The zero-order chi connectivity index (χ0) is 82.3. The first-order chi connectivity index (χ1) is 55.9. The minimum absolute atomic E-state index is 0.00501. The molecule has 0 fully saturated rings. The highest BCUT2D eigenvalue weighted by Gasteiger charge is 2.52.